The summed E-state index contributed by atoms with van der Waals surface area (Å²) in [6, 6.07) is 9.19. The van der Waals surface area contributed by atoms with Gasteiger partial charge in [0.1, 0.15) is 0 Å². The molecule has 1 saturated heterocycles. The molecule has 2 aromatic heterocycles. The van der Waals surface area contributed by atoms with Crippen molar-refractivity contribution in [2.24, 2.45) is 0 Å². The van der Waals surface area contributed by atoms with Crippen molar-refractivity contribution in [2.45, 2.75) is 6.42 Å². The second-order valence-corrected chi connectivity index (χ2v) is 5.70. The summed E-state index contributed by atoms with van der Waals surface area (Å²) in [5, 5.41) is 5.10. The van der Waals surface area contributed by atoms with Gasteiger partial charge in [0.05, 0.1) is 5.56 Å². The highest BCUT2D eigenvalue weighted by Gasteiger charge is 2.28. The van der Waals surface area contributed by atoms with Gasteiger partial charge >= 0.3 is 0 Å². The number of rotatable bonds is 2. The highest BCUT2D eigenvalue weighted by molar-refractivity contribution is 6.30. The topological polar surface area (TPSA) is 50.5 Å². The Morgan fingerprint density at radius 2 is 1.95 bits per heavy atom. The van der Waals surface area contributed by atoms with Crippen LogP contribution in [-0.2, 0) is 0 Å². The molecule has 3 heterocycles. The summed E-state index contributed by atoms with van der Waals surface area (Å²) in [5.41, 5.74) is 2.77. The van der Waals surface area contributed by atoms with Crippen molar-refractivity contribution >= 4 is 23.2 Å². The molecule has 1 aromatic carbocycles. The normalized spacial score (nSPS) is 14.1. The van der Waals surface area contributed by atoms with E-state index in [2.05, 4.69) is 10.1 Å². The van der Waals surface area contributed by atoms with Crippen molar-refractivity contribution in [3.05, 3.63) is 53.4 Å². The summed E-state index contributed by atoms with van der Waals surface area (Å²) in [7, 11) is 0. The number of hydrogen-bond donors (Lipinski definition) is 0. The number of nitrogens with zero attached hydrogens (tertiary/aromatic N) is 4. The first-order valence-electron chi connectivity index (χ1n) is 7.12. The Bertz CT molecular complexity index is 852. The number of amides is 1. The molecule has 0 N–H and O–H groups in total. The summed E-state index contributed by atoms with van der Waals surface area (Å²) in [6.45, 7) is 1.58. The highest BCUT2D eigenvalue weighted by atomic mass is 35.5. The van der Waals surface area contributed by atoms with Crippen LogP contribution in [0.1, 0.15) is 16.9 Å². The Kier molecular flexibility index (Phi) is 3.08. The first kappa shape index (κ1) is 13.3. The van der Waals surface area contributed by atoms with Gasteiger partial charge in [-0.1, -0.05) is 23.7 Å². The SMILES string of the molecule is O=C(c1nn2cccnc2c1-c1ccc(Cl)cc1)N1CCC1. The van der Waals surface area contributed by atoms with Crippen LogP contribution < -0.4 is 0 Å². The van der Waals surface area contributed by atoms with E-state index in [0.717, 1.165) is 30.6 Å². The molecule has 1 aliphatic heterocycles. The van der Waals surface area contributed by atoms with E-state index in [-0.39, 0.29) is 5.91 Å². The first-order chi connectivity index (χ1) is 10.7. The van der Waals surface area contributed by atoms with Crippen LogP contribution in [0.4, 0.5) is 0 Å². The van der Waals surface area contributed by atoms with Gasteiger partial charge in [-0.05, 0) is 30.2 Å². The van der Waals surface area contributed by atoms with Crippen molar-refractivity contribution < 1.29 is 4.79 Å². The lowest BCUT2D eigenvalue weighted by Gasteiger charge is -2.30. The van der Waals surface area contributed by atoms with Crippen LogP contribution in [-0.4, -0.2) is 38.5 Å². The fourth-order valence-corrected chi connectivity index (χ4v) is 2.71. The summed E-state index contributed by atoms with van der Waals surface area (Å²) in [6.07, 6.45) is 4.55. The standard InChI is InChI=1S/C16H13ClN4O/c17-12-5-3-11(4-6-12)13-14(16(22)20-8-2-9-20)19-21-10-1-7-18-15(13)21/h1,3-7,10H,2,8-9H2. The predicted octanol–water partition coefficient (Wildman–Crippen LogP) is 2.90. The van der Waals surface area contributed by atoms with Crippen molar-refractivity contribution in [3.63, 3.8) is 0 Å². The third-order valence-corrected chi connectivity index (χ3v) is 4.13. The molecule has 0 spiro atoms. The number of fused-ring (bicyclic) bond motifs is 1. The second kappa shape index (κ2) is 5.10. The predicted molar refractivity (Wildman–Crippen MR) is 84.0 cm³/mol. The van der Waals surface area contributed by atoms with Crippen LogP contribution in [0.25, 0.3) is 16.8 Å². The van der Waals surface area contributed by atoms with E-state index < -0.39 is 0 Å². The minimum absolute atomic E-state index is 0.0401. The zero-order chi connectivity index (χ0) is 15.1. The molecule has 0 atom stereocenters. The molecule has 0 aliphatic carbocycles. The molecule has 0 saturated carbocycles. The van der Waals surface area contributed by atoms with Crippen LogP contribution in [0.5, 0.6) is 0 Å². The maximum absolute atomic E-state index is 12.7. The maximum atomic E-state index is 12.7. The summed E-state index contributed by atoms with van der Waals surface area (Å²) in [4.78, 5) is 18.8. The molecular weight excluding hydrogens is 300 g/mol. The third kappa shape index (κ3) is 2.05. The van der Waals surface area contributed by atoms with E-state index in [1.165, 1.54) is 0 Å². The fourth-order valence-electron chi connectivity index (χ4n) is 2.59. The molecule has 0 bridgehead atoms. The summed E-state index contributed by atoms with van der Waals surface area (Å²) >= 11 is 5.96. The van der Waals surface area contributed by atoms with Gasteiger partial charge in [0, 0.05) is 30.5 Å². The molecule has 1 aliphatic rings. The number of likely N-dealkylation sites (tertiary alicyclic amines) is 1. The number of carbonyl (C=O) groups excluding carboxylic acids is 1. The van der Waals surface area contributed by atoms with Gasteiger partial charge in [0.25, 0.3) is 5.91 Å². The maximum Gasteiger partial charge on any atom is 0.275 e. The van der Waals surface area contributed by atoms with Crippen LogP contribution in [0.2, 0.25) is 5.02 Å². The first-order valence-corrected chi connectivity index (χ1v) is 7.50. The number of hydrogen-bond acceptors (Lipinski definition) is 3. The van der Waals surface area contributed by atoms with Gasteiger partial charge in [-0.3, -0.25) is 4.79 Å². The van der Waals surface area contributed by atoms with Gasteiger partial charge in [0.2, 0.25) is 0 Å². The number of halogens is 1. The van der Waals surface area contributed by atoms with E-state index in [9.17, 15) is 4.79 Å². The average molecular weight is 313 g/mol. The lowest BCUT2D eigenvalue weighted by molar-refractivity contribution is 0.0646. The highest BCUT2D eigenvalue weighted by Crippen LogP contribution is 2.30. The van der Waals surface area contributed by atoms with Crippen molar-refractivity contribution in [2.75, 3.05) is 13.1 Å². The molecule has 4 rings (SSSR count). The number of aromatic nitrogens is 3. The number of carbonyl (C=O) groups is 1. The molecular formula is C16H13ClN4O. The van der Waals surface area contributed by atoms with Crippen molar-refractivity contribution in [1.29, 1.82) is 0 Å². The molecule has 5 nitrogen and oxygen atoms in total. The molecule has 3 aromatic rings. The molecule has 6 heteroatoms. The van der Waals surface area contributed by atoms with Crippen LogP contribution in [0, 0.1) is 0 Å². The largest absolute Gasteiger partial charge is 0.337 e. The molecule has 110 valence electrons. The molecule has 0 radical (unpaired) electrons. The molecule has 1 fully saturated rings. The van der Waals surface area contributed by atoms with E-state index >= 15 is 0 Å². The Hall–Kier alpha value is -2.40. The van der Waals surface area contributed by atoms with Crippen molar-refractivity contribution in [1.82, 2.24) is 19.5 Å². The third-order valence-electron chi connectivity index (χ3n) is 3.87. The van der Waals surface area contributed by atoms with E-state index in [1.54, 1.807) is 40.0 Å². The van der Waals surface area contributed by atoms with Crippen molar-refractivity contribution in [3.8, 4) is 11.1 Å². The van der Waals surface area contributed by atoms with Crippen LogP contribution in [0.3, 0.4) is 0 Å². The van der Waals surface area contributed by atoms with Crippen LogP contribution in [0.15, 0.2) is 42.7 Å². The number of benzene rings is 1. The van der Waals surface area contributed by atoms with E-state index in [0.29, 0.717) is 16.4 Å². The second-order valence-electron chi connectivity index (χ2n) is 5.26. The van der Waals surface area contributed by atoms with Gasteiger partial charge in [0.15, 0.2) is 11.3 Å². The lowest BCUT2D eigenvalue weighted by atomic mass is 10.0. The van der Waals surface area contributed by atoms with Gasteiger partial charge < -0.3 is 4.90 Å². The van der Waals surface area contributed by atoms with E-state index in [1.807, 2.05) is 12.1 Å². The molecule has 22 heavy (non-hydrogen) atoms. The average Bonchev–Trinajstić information content (AvgIpc) is 2.86. The fraction of sp³-hybridized carbons (Fsp3) is 0.188. The zero-order valence-electron chi connectivity index (χ0n) is 11.7. The Balaban J connectivity index is 1.93. The Labute approximate surface area is 132 Å². The Morgan fingerprint density at radius 3 is 2.64 bits per heavy atom. The quantitative estimate of drug-likeness (QED) is 0.731. The van der Waals surface area contributed by atoms with E-state index in [4.69, 9.17) is 11.6 Å². The minimum atomic E-state index is -0.0401. The van der Waals surface area contributed by atoms with Gasteiger partial charge in [-0.2, -0.15) is 5.10 Å². The molecule has 1 amide bonds. The van der Waals surface area contributed by atoms with Crippen LogP contribution >= 0.6 is 11.6 Å². The Morgan fingerprint density at radius 1 is 1.18 bits per heavy atom. The summed E-state index contributed by atoms with van der Waals surface area (Å²) in [5.74, 6) is -0.0401. The smallest absolute Gasteiger partial charge is 0.275 e. The lowest BCUT2D eigenvalue weighted by Crippen LogP contribution is -2.42. The van der Waals surface area contributed by atoms with Gasteiger partial charge in [-0.15, -0.1) is 0 Å². The van der Waals surface area contributed by atoms with Gasteiger partial charge in [-0.25, -0.2) is 9.50 Å². The summed E-state index contributed by atoms with van der Waals surface area (Å²) < 4.78 is 1.65. The minimum Gasteiger partial charge on any atom is -0.337 e. The monoisotopic (exact) mass is 312 g/mol. The molecule has 0 unspecified atom stereocenters. The zero-order valence-corrected chi connectivity index (χ0v) is 12.5.